The molecular formula is C12H23NO3. The van der Waals surface area contributed by atoms with Gasteiger partial charge in [0, 0.05) is 33.2 Å². The predicted molar refractivity (Wildman–Crippen MR) is 62.5 cm³/mol. The number of methoxy groups -OCH3 is 1. The summed E-state index contributed by atoms with van der Waals surface area (Å²) in [4.78, 5) is 13.0. The summed E-state index contributed by atoms with van der Waals surface area (Å²) in [6.45, 7) is 6.00. The number of carboxylic acid groups (broad SMARTS) is 1. The number of hydrogen-bond acceptors (Lipinski definition) is 3. The van der Waals surface area contributed by atoms with Crippen molar-refractivity contribution in [3.05, 3.63) is 0 Å². The van der Waals surface area contributed by atoms with E-state index in [-0.39, 0.29) is 0 Å². The first-order valence-electron chi connectivity index (χ1n) is 6.05. The van der Waals surface area contributed by atoms with Crippen molar-refractivity contribution in [3.63, 3.8) is 0 Å². The van der Waals surface area contributed by atoms with Gasteiger partial charge < -0.3 is 14.7 Å². The molecule has 0 amide bonds. The summed E-state index contributed by atoms with van der Waals surface area (Å²) in [6.07, 6.45) is 2.49. The summed E-state index contributed by atoms with van der Waals surface area (Å²) in [6, 6.07) is 0. The Kier molecular flexibility index (Phi) is 5.77. The van der Waals surface area contributed by atoms with E-state index in [2.05, 4.69) is 11.8 Å². The van der Waals surface area contributed by atoms with Gasteiger partial charge in [0.15, 0.2) is 0 Å². The van der Waals surface area contributed by atoms with Crippen LogP contribution in [0.25, 0.3) is 0 Å². The lowest BCUT2D eigenvalue weighted by Crippen LogP contribution is -2.39. The largest absolute Gasteiger partial charge is 0.481 e. The summed E-state index contributed by atoms with van der Waals surface area (Å²) in [5.41, 5.74) is 0. The van der Waals surface area contributed by atoms with Crippen molar-refractivity contribution in [3.8, 4) is 0 Å². The van der Waals surface area contributed by atoms with Gasteiger partial charge in [-0.2, -0.15) is 0 Å². The molecule has 4 nitrogen and oxygen atoms in total. The van der Waals surface area contributed by atoms with Crippen molar-refractivity contribution in [2.24, 2.45) is 11.8 Å². The fourth-order valence-electron chi connectivity index (χ4n) is 2.51. The third-order valence-electron chi connectivity index (χ3n) is 3.09. The van der Waals surface area contributed by atoms with E-state index in [9.17, 15) is 4.79 Å². The maximum atomic E-state index is 10.7. The number of aliphatic carboxylic acids is 1. The van der Waals surface area contributed by atoms with Crippen LogP contribution in [0.1, 0.15) is 26.2 Å². The Labute approximate surface area is 97.6 Å². The summed E-state index contributed by atoms with van der Waals surface area (Å²) in [5.74, 6) is 0.186. The predicted octanol–water partition coefficient (Wildman–Crippen LogP) is 1.46. The van der Waals surface area contributed by atoms with E-state index in [4.69, 9.17) is 9.84 Å². The van der Waals surface area contributed by atoms with Crippen LogP contribution in [0, 0.1) is 11.8 Å². The molecule has 0 aromatic heterocycles. The first kappa shape index (κ1) is 13.5. The Balaban J connectivity index is 2.29. The molecule has 1 aliphatic heterocycles. The molecule has 2 atom stereocenters. The van der Waals surface area contributed by atoms with Crippen LogP contribution in [0.5, 0.6) is 0 Å². The highest BCUT2D eigenvalue weighted by Crippen LogP contribution is 2.20. The summed E-state index contributed by atoms with van der Waals surface area (Å²) in [5, 5.41) is 8.78. The van der Waals surface area contributed by atoms with Crippen LogP contribution in [0.4, 0.5) is 0 Å². The Morgan fingerprint density at radius 1 is 1.62 bits per heavy atom. The topological polar surface area (TPSA) is 49.8 Å². The number of carboxylic acids is 1. The van der Waals surface area contributed by atoms with Gasteiger partial charge in [0.05, 0.1) is 0 Å². The van der Waals surface area contributed by atoms with Crippen LogP contribution < -0.4 is 0 Å². The second-order valence-corrected chi connectivity index (χ2v) is 4.93. The maximum Gasteiger partial charge on any atom is 0.303 e. The van der Waals surface area contributed by atoms with E-state index >= 15 is 0 Å². The van der Waals surface area contributed by atoms with Crippen molar-refractivity contribution >= 4 is 5.97 Å². The number of ether oxygens (including phenoxy) is 1. The van der Waals surface area contributed by atoms with E-state index in [0.29, 0.717) is 18.3 Å². The number of rotatable bonds is 6. The Hall–Kier alpha value is -0.610. The second-order valence-electron chi connectivity index (χ2n) is 4.93. The van der Waals surface area contributed by atoms with E-state index < -0.39 is 5.97 Å². The Morgan fingerprint density at radius 3 is 3.00 bits per heavy atom. The van der Waals surface area contributed by atoms with Crippen LogP contribution in [0.2, 0.25) is 0 Å². The molecule has 1 rings (SSSR count). The van der Waals surface area contributed by atoms with Gasteiger partial charge in [-0.25, -0.2) is 0 Å². The molecule has 4 heteroatoms. The Bertz CT molecular complexity index is 220. The van der Waals surface area contributed by atoms with Crippen LogP contribution in [0.15, 0.2) is 0 Å². The molecule has 0 saturated carbocycles. The van der Waals surface area contributed by atoms with E-state index in [0.717, 1.165) is 39.1 Å². The second kappa shape index (κ2) is 6.86. The van der Waals surface area contributed by atoms with Crippen molar-refractivity contribution < 1.29 is 14.6 Å². The molecule has 1 fully saturated rings. The minimum atomic E-state index is -0.670. The molecule has 16 heavy (non-hydrogen) atoms. The van der Waals surface area contributed by atoms with Crippen LogP contribution in [-0.4, -0.2) is 49.3 Å². The first-order valence-corrected chi connectivity index (χ1v) is 6.05. The van der Waals surface area contributed by atoms with Crippen molar-refractivity contribution in [1.82, 2.24) is 4.90 Å². The van der Waals surface area contributed by atoms with Gasteiger partial charge in [0.25, 0.3) is 0 Å². The van der Waals surface area contributed by atoms with E-state index in [1.54, 1.807) is 7.11 Å². The number of likely N-dealkylation sites (tertiary alicyclic amines) is 1. The van der Waals surface area contributed by atoms with Crippen molar-refractivity contribution in [2.45, 2.75) is 26.2 Å². The molecular weight excluding hydrogens is 206 g/mol. The summed E-state index contributed by atoms with van der Waals surface area (Å²) < 4.78 is 5.12. The van der Waals surface area contributed by atoms with Gasteiger partial charge in [-0.3, -0.25) is 4.79 Å². The maximum absolute atomic E-state index is 10.7. The zero-order chi connectivity index (χ0) is 12.0. The molecule has 0 aromatic rings. The standard InChI is InChI=1S/C12H23NO3/c1-10(9-16-2)7-13-5-3-4-11(8-13)6-12(14)15/h10-11H,3-9H2,1-2H3,(H,14,15). The van der Waals surface area contributed by atoms with Crippen LogP contribution >= 0.6 is 0 Å². The van der Waals surface area contributed by atoms with Gasteiger partial charge in [-0.05, 0) is 31.2 Å². The lowest BCUT2D eigenvalue weighted by atomic mass is 9.94. The molecule has 1 aliphatic rings. The highest BCUT2D eigenvalue weighted by Gasteiger charge is 2.22. The zero-order valence-electron chi connectivity index (χ0n) is 10.3. The number of carbonyl (C=O) groups is 1. The molecule has 0 aliphatic carbocycles. The van der Waals surface area contributed by atoms with E-state index in [1.807, 2.05) is 0 Å². The monoisotopic (exact) mass is 229 g/mol. The molecule has 2 unspecified atom stereocenters. The molecule has 1 heterocycles. The normalized spacial score (nSPS) is 24.2. The van der Waals surface area contributed by atoms with E-state index in [1.165, 1.54) is 0 Å². The number of piperidine rings is 1. The minimum absolute atomic E-state index is 0.315. The van der Waals surface area contributed by atoms with Gasteiger partial charge in [0.1, 0.15) is 0 Å². The summed E-state index contributed by atoms with van der Waals surface area (Å²) >= 11 is 0. The Morgan fingerprint density at radius 2 is 2.38 bits per heavy atom. The number of nitrogens with zero attached hydrogens (tertiary/aromatic N) is 1. The molecule has 1 saturated heterocycles. The molecule has 1 N–H and O–H groups in total. The first-order chi connectivity index (χ1) is 7.61. The molecule has 94 valence electrons. The highest BCUT2D eigenvalue weighted by atomic mass is 16.5. The molecule has 0 spiro atoms. The fourth-order valence-corrected chi connectivity index (χ4v) is 2.51. The SMILES string of the molecule is COCC(C)CN1CCCC(CC(=O)O)C1. The average Bonchev–Trinajstić information content (AvgIpc) is 2.17. The van der Waals surface area contributed by atoms with Crippen molar-refractivity contribution in [2.75, 3.05) is 33.4 Å². The van der Waals surface area contributed by atoms with Crippen LogP contribution in [0.3, 0.4) is 0 Å². The van der Waals surface area contributed by atoms with Gasteiger partial charge in [-0.15, -0.1) is 0 Å². The lowest BCUT2D eigenvalue weighted by Gasteiger charge is -2.33. The van der Waals surface area contributed by atoms with Crippen molar-refractivity contribution in [1.29, 1.82) is 0 Å². The minimum Gasteiger partial charge on any atom is -0.481 e. The van der Waals surface area contributed by atoms with Gasteiger partial charge in [-0.1, -0.05) is 6.92 Å². The fraction of sp³-hybridized carbons (Fsp3) is 0.917. The average molecular weight is 229 g/mol. The zero-order valence-corrected chi connectivity index (χ0v) is 10.3. The highest BCUT2D eigenvalue weighted by molar-refractivity contribution is 5.67. The number of hydrogen-bond donors (Lipinski definition) is 1. The molecule has 0 aromatic carbocycles. The third-order valence-corrected chi connectivity index (χ3v) is 3.09. The third kappa shape index (κ3) is 4.94. The molecule has 0 radical (unpaired) electrons. The lowest BCUT2D eigenvalue weighted by molar-refractivity contribution is -0.138. The van der Waals surface area contributed by atoms with Gasteiger partial charge in [0.2, 0.25) is 0 Å². The quantitative estimate of drug-likeness (QED) is 0.749. The van der Waals surface area contributed by atoms with Gasteiger partial charge >= 0.3 is 5.97 Å². The van der Waals surface area contributed by atoms with Crippen LogP contribution in [-0.2, 0) is 9.53 Å². The smallest absolute Gasteiger partial charge is 0.303 e. The summed E-state index contributed by atoms with van der Waals surface area (Å²) in [7, 11) is 1.72. The molecule has 0 bridgehead atoms.